The van der Waals surface area contributed by atoms with E-state index in [9.17, 15) is 0 Å². The van der Waals surface area contributed by atoms with Crippen LogP contribution < -0.4 is 5.73 Å². The summed E-state index contributed by atoms with van der Waals surface area (Å²) in [6.07, 6.45) is 0. The number of rotatable bonds is 1. The highest BCUT2D eigenvalue weighted by Crippen LogP contribution is 2.37. The number of para-hydroxylation sites is 1. The van der Waals surface area contributed by atoms with Crippen molar-refractivity contribution in [3.63, 3.8) is 0 Å². The Balaban J connectivity index is 2.69. The highest BCUT2D eigenvalue weighted by atomic mass is 35.5. The van der Waals surface area contributed by atoms with Gasteiger partial charge >= 0.3 is 0 Å². The Kier molecular flexibility index (Phi) is 2.85. The van der Waals surface area contributed by atoms with Gasteiger partial charge in [0.1, 0.15) is 0 Å². The fourth-order valence-corrected chi connectivity index (χ4v) is 2.08. The van der Waals surface area contributed by atoms with Gasteiger partial charge in [-0.05, 0) is 18.2 Å². The lowest BCUT2D eigenvalue weighted by Crippen LogP contribution is -1.90. The highest BCUT2D eigenvalue weighted by Gasteiger charge is 2.09. The fraction of sp³-hybridized carbons (Fsp3) is 0. The molecule has 0 aliphatic heterocycles. The Morgan fingerprint density at radius 3 is 2.00 bits per heavy atom. The normalized spacial score (nSPS) is 10.3. The van der Waals surface area contributed by atoms with Crippen LogP contribution in [-0.4, -0.2) is 0 Å². The molecule has 0 amide bonds. The predicted octanol–water partition coefficient (Wildman–Crippen LogP) is 4.24. The van der Waals surface area contributed by atoms with E-state index in [0.29, 0.717) is 15.7 Å². The van der Waals surface area contributed by atoms with E-state index in [0.717, 1.165) is 11.1 Å². The molecule has 0 aliphatic rings. The monoisotopic (exact) mass is 237 g/mol. The minimum Gasteiger partial charge on any atom is -0.398 e. The molecular formula is C12H9Cl2N. The van der Waals surface area contributed by atoms with Crippen LogP contribution in [0.4, 0.5) is 5.69 Å². The minimum atomic E-state index is 0.611. The van der Waals surface area contributed by atoms with Crippen LogP contribution in [-0.2, 0) is 0 Å². The van der Waals surface area contributed by atoms with Gasteiger partial charge in [-0.3, -0.25) is 0 Å². The summed E-state index contributed by atoms with van der Waals surface area (Å²) in [7, 11) is 0. The van der Waals surface area contributed by atoms with E-state index in [1.54, 1.807) is 12.1 Å². The van der Waals surface area contributed by atoms with Crippen LogP contribution in [0.1, 0.15) is 0 Å². The SMILES string of the molecule is Nc1ccccc1-c1c(Cl)cccc1Cl. The second-order valence-corrected chi connectivity index (χ2v) is 4.00. The average Bonchev–Trinajstić information content (AvgIpc) is 2.20. The summed E-state index contributed by atoms with van der Waals surface area (Å²) < 4.78 is 0. The van der Waals surface area contributed by atoms with Crippen LogP contribution >= 0.6 is 23.2 Å². The van der Waals surface area contributed by atoms with Crippen LogP contribution in [0.15, 0.2) is 42.5 Å². The van der Waals surface area contributed by atoms with Gasteiger partial charge < -0.3 is 5.73 Å². The van der Waals surface area contributed by atoms with Gasteiger partial charge in [-0.25, -0.2) is 0 Å². The van der Waals surface area contributed by atoms with E-state index < -0.39 is 0 Å². The summed E-state index contributed by atoms with van der Waals surface area (Å²) in [6, 6.07) is 12.9. The van der Waals surface area contributed by atoms with Crippen LogP contribution in [0.25, 0.3) is 11.1 Å². The molecule has 0 fully saturated rings. The lowest BCUT2D eigenvalue weighted by Gasteiger charge is -2.09. The summed E-state index contributed by atoms with van der Waals surface area (Å²) in [5, 5.41) is 1.22. The number of benzene rings is 2. The molecule has 15 heavy (non-hydrogen) atoms. The Morgan fingerprint density at radius 2 is 1.40 bits per heavy atom. The molecule has 0 atom stereocenters. The van der Waals surface area contributed by atoms with Crippen molar-refractivity contribution < 1.29 is 0 Å². The van der Waals surface area contributed by atoms with Gasteiger partial charge in [0.25, 0.3) is 0 Å². The second-order valence-electron chi connectivity index (χ2n) is 3.18. The molecule has 3 heteroatoms. The quantitative estimate of drug-likeness (QED) is 0.738. The highest BCUT2D eigenvalue weighted by molar-refractivity contribution is 6.39. The van der Waals surface area contributed by atoms with Gasteiger partial charge in [0.05, 0.1) is 0 Å². The molecule has 0 heterocycles. The predicted molar refractivity (Wildman–Crippen MR) is 66.3 cm³/mol. The molecule has 1 nitrogen and oxygen atoms in total. The van der Waals surface area contributed by atoms with Crippen molar-refractivity contribution >= 4 is 28.9 Å². The van der Waals surface area contributed by atoms with Crippen molar-refractivity contribution in [3.8, 4) is 11.1 Å². The third-order valence-corrected chi connectivity index (χ3v) is 2.82. The molecule has 0 aliphatic carbocycles. The Hall–Kier alpha value is -1.18. The van der Waals surface area contributed by atoms with Gasteiger partial charge in [-0.1, -0.05) is 47.5 Å². The van der Waals surface area contributed by atoms with Gasteiger partial charge in [0.15, 0.2) is 0 Å². The van der Waals surface area contributed by atoms with Gasteiger partial charge in [-0.2, -0.15) is 0 Å². The van der Waals surface area contributed by atoms with E-state index in [1.807, 2.05) is 30.3 Å². The molecule has 0 radical (unpaired) electrons. The Morgan fingerprint density at radius 1 is 0.800 bits per heavy atom. The number of anilines is 1. The summed E-state index contributed by atoms with van der Waals surface area (Å²) in [4.78, 5) is 0. The topological polar surface area (TPSA) is 26.0 Å². The molecule has 2 aromatic carbocycles. The van der Waals surface area contributed by atoms with Gasteiger partial charge in [0.2, 0.25) is 0 Å². The number of hydrogen-bond donors (Lipinski definition) is 1. The molecule has 0 saturated heterocycles. The van der Waals surface area contributed by atoms with Crippen molar-refractivity contribution in [2.45, 2.75) is 0 Å². The smallest absolute Gasteiger partial charge is 0.0500 e. The van der Waals surface area contributed by atoms with Crippen LogP contribution in [0.2, 0.25) is 10.0 Å². The number of nitrogen functional groups attached to an aromatic ring is 1. The first-order valence-electron chi connectivity index (χ1n) is 4.49. The number of hydrogen-bond acceptors (Lipinski definition) is 1. The molecule has 2 N–H and O–H groups in total. The average molecular weight is 238 g/mol. The molecule has 0 saturated carbocycles. The minimum absolute atomic E-state index is 0.611. The zero-order chi connectivity index (χ0) is 10.8. The summed E-state index contributed by atoms with van der Waals surface area (Å²) in [5.74, 6) is 0. The van der Waals surface area contributed by atoms with E-state index in [2.05, 4.69) is 0 Å². The summed E-state index contributed by atoms with van der Waals surface area (Å²) >= 11 is 12.2. The third-order valence-electron chi connectivity index (χ3n) is 2.19. The second kappa shape index (κ2) is 4.13. The first kappa shape index (κ1) is 10.3. The van der Waals surface area contributed by atoms with Crippen molar-refractivity contribution in [2.24, 2.45) is 0 Å². The van der Waals surface area contributed by atoms with Crippen molar-refractivity contribution in [3.05, 3.63) is 52.5 Å². The van der Waals surface area contributed by atoms with E-state index in [1.165, 1.54) is 0 Å². The van der Waals surface area contributed by atoms with Crippen molar-refractivity contribution in [2.75, 3.05) is 5.73 Å². The van der Waals surface area contributed by atoms with Crippen LogP contribution in [0.5, 0.6) is 0 Å². The van der Waals surface area contributed by atoms with Gasteiger partial charge in [0, 0.05) is 26.9 Å². The molecule has 0 aromatic heterocycles. The zero-order valence-electron chi connectivity index (χ0n) is 7.87. The lowest BCUT2D eigenvalue weighted by atomic mass is 10.0. The zero-order valence-corrected chi connectivity index (χ0v) is 9.39. The van der Waals surface area contributed by atoms with E-state index >= 15 is 0 Å². The fourth-order valence-electron chi connectivity index (χ4n) is 1.48. The Labute approximate surface area is 98.4 Å². The summed E-state index contributed by atoms with van der Waals surface area (Å²) in [5.41, 5.74) is 8.21. The molecule has 2 rings (SSSR count). The summed E-state index contributed by atoms with van der Waals surface area (Å²) in [6.45, 7) is 0. The van der Waals surface area contributed by atoms with Crippen molar-refractivity contribution in [1.29, 1.82) is 0 Å². The third kappa shape index (κ3) is 1.94. The first-order valence-corrected chi connectivity index (χ1v) is 5.24. The standard InChI is InChI=1S/C12H9Cl2N/c13-9-5-3-6-10(14)12(9)8-4-1-2-7-11(8)15/h1-7H,15H2. The molecule has 2 aromatic rings. The van der Waals surface area contributed by atoms with E-state index in [4.69, 9.17) is 28.9 Å². The first-order chi connectivity index (χ1) is 7.20. The number of nitrogens with two attached hydrogens (primary N) is 1. The van der Waals surface area contributed by atoms with Crippen molar-refractivity contribution in [1.82, 2.24) is 0 Å². The molecule has 0 unspecified atom stereocenters. The van der Waals surface area contributed by atoms with Crippen LogP contribution in [0, 0.1) is 0 Å². The molecule has 0 bridgehead atoms. The molecular weight excluding hydrogens is 229 g/mol. The van der Waals surface area contributed by atoms with E-state index in [-0.39, 0.29) is 0 Å². The lowest BCUT2D eigenvalue weighted by molar-refractivity contribution is 1.61. The van der Waals surface area contributed by atoms with Gasteiger partial charge in [-0.15, -0.1) is 0 Å². The molecule has 0 spiro atoms. The number of halogens is 2. The van der Waals surface area contributed by atoms with Crippen LogP contribution in [0.3, 0.4) is 0 Å². The maximum absolute atomic E-state index is 6.10. The Bertz CT molecular complexity index is 474. The molecule has 76 valence electrons. The maximum atomic E-state index is 6.10. The largest absolute Gasteiger partial charge is 0.398 e. The maximum Gasteiger partial charge on any atom is 0.0500 e.